The second kappa shape index (κ2) is 10.5. The zero-order valence-corrected chi connectivity index (χ0v) is 17.4. The zero-order chi connectivity index (χ0) is 22.2. The van der Waals surface area contributed by atoms with E-state index in [0.717, 1.165) is 22.5 Å². The summed E-state index contributed by atoms with van der Waals surface area (Å²) in [7, 11) is 0. The van der Waals surface area contributed by atoms with E-state index in [2.05, 4.69) is 10.3 Å². The van der Waals surface area contributed by atoms with Crippen LogP contribution in [0.4, 0.5) is 4.39 Å². The Balaban J connectivity index is 1.21. The normalized spacial score (nSPS) is 10.9. The number of halogens is 1. The molecule has 4 aromatic rings. The number of nitrogens with one attached hydrogen (secondary N) is 1. The number of aryl methyl sites for hydroxylation is 1. The average Bonchev–Trinajstić information content (AvgIpc) is 3.49. The Morgan fingerprint density at radius 1 is 1.03 bits per heavy atom. The lowest BCUT2D eigenvalue weighted by Crippen LogP contribution is -2.23. The van der Waals surface area contributed by atoms with E-state index in [1.54, 1.807) is 24.6 Å². The van der Waals surface area contributed by atoms with Gasteiger partial charge in [0.05, 0.1) is 19.1 Å². The molecule has 6 nitrogen and oxygen atoms in total. The minimum absolute atomic E-state index is 0.0917. The second-order valence-electron chi connectivity index (χ2n) is 7.29. The average molecular weight is 434 g/mol. The summed E-state index contributed by atoms with van der Waals surface area (Å²) in [5, 5.41) is 2.91. The highest BCUT2D eigenvalue weighted by Gasteiger charge is 2.09. The number of carbonyl (C=O) groups excluding carboxylic acids is 1. The SMILES string of the molecule is O=C(CCc1ncc(-c2ccc(F)cc2)o1)NCc1cccc(COCc2ccco2)c1. The third kappa shape index (κ3) is 6.15. The van der Waals surface area contributed by atoms with Gasteiger partial charge in [-0.3, -0.25) is 4.79 Å². The Bertz CT molecular complexity index is 1140. The molecular formula is C25H23FN2O4. The van der Waals surface area contributed by atoms with Crippen LogP contribution < -0.4 is 5.32 Å². The molecule has 4 rings (SSSR count). The smallest absolute Gasteiger partial charge is 0.220 e. The number of furan rings is 1. The fourth-order valence-corrected chi connectivity index (χ4v) is 3.18. The van der Waals surface area contributed by atoms with Gasteiger partial charge in [0, 0.05) is 24.9 Å². The summed E-state index contributed by atoms with van der Waals surface area (Å²) < 4.78 is 29.6. The quantitative estimate of drug-likeness (QED) is 0.378. The molecule has 164 valence electrons. The molecule has 0 aliphatic rings. The highest BCUT2D eigenvalue weighted by Crippen LogP contribution is 2.21. The molecule has 7 heteroatoms. The fourth-order valence-electron chi connectivity index (χ4n) is 3.18. The summed E-state index contributed by atoms with van der Waals surface area (Å²) in [5.74, 6) is 1.40. The molecule has 0 spiro atoms. The number of hydrogen-bond donors (Lipinski definition) is 1. The van der Waals surface area contributed by atoms with Crippen LogP contribution in [-0.2, 0) is 35.7 Å². The van der Waals surface area contributed by atoms with E-state index < -0.39 is 0 Å². The maximum Gasteiger partial charge on any atom is 0.220 e. The van der Waals surface area contributed by atoms with Crippen LogP contribution in [0.3, 0.4) is 0 Å². The number of rotatable bonds is 10. The number of ether oxygens (including phenoxy) is 1. The van der Waals surface area contributed by atoms with Crippen molar-refractivity contribution in [3.8, 4) is 11.3 Å². The van der Waals surface area contributed by atoms with Gasteiger partial charge in [0.2, 0.25) is 5.91 Å². The molecule has 0 unspecified atom stereocenters. The van der Waals surface area contributed by atoms with E-state index in [9.17, 15) is 9.18 Å². The van der Waals surface area contributed by atoms with E-state index in [0.29, 0.717) is 37.8 Å². The zero-order valence-electron chi connectivity index (χ0n) is 17.4. The molecule has 2 heterocycles. The molecule has 1 amide bonds. The van der Waals surface area contributed by atoms with E-state index in [4.69, 9.17) is 13.6 Å². The molecule has 0 saturated carbocycles. The number of oxazole rings is 1. The predicted octanol–water partition coefficient (Wildman–Crippen LogP) is 5.04. The van der Waals surface area contributed by atoms with Gasteiger partial charge in [0.25, 0.3) is 0 Å². The summed E-state index contributed by atoms with van der Waals surface area (Å²) in [5.41, 5.74) is 2.76. The minimum atomic E-state index is -0.308. The lowest BCUT2D eigenvalue weighted by atomic mass is 10.1. The maximum atomic E-state index is 13.0. The van der Waals surface area contributed by atoms with Crippen LogP contribution in [0.1, 0.15) is 29.2 Å². The molecule has 2 aromatic heterocycles. The van der Waals surface area contributed by atoms with Crippen LogP contribution >= 0.6 is 0 Å². The predicted molar refractivity (Wildman–Crippen MR) is 116 cm³/mol. The first kappa shape index (κ1) is 21.5. The maximum absolute atomic E-state index is 13.0. The van der Waals surface area contributed by atoms with Crippen LogP contribution in [0.15, 0.2) is 82.0 Å². The number of benzene rings is 2. The summed E-state index contributed by atoms with van der Waals surface area (Å²) in [6.45, 7) is 1.30. The highest BCUT2D eigenvalue weighted by molar-refractivity contribution is 5.76. The van der Waals surface area contributed by atoms with E-state index in [-0.39, 0.29) is 18.1 Å². The molecule has 0 aliphatic heterocycles. The minimum Gasteiger partial charge on any atom is -0.467 e. The summed E-state index contributed by atoms with van der Waals surface area (Å²) in [4.78, 5) is 16.4. The summed E-state index contributed by atoms with van der Waals surface area (Å²) in [6.07, 6.45) is 3.84. The third-order valence-electron chi connectivity index (χ3n) is 4.82. The van der Waals surface area contributed by atoms with Gasteiger partial charge in [-0.05, 0) is 47.5 Å². The molecule has 0 saturated heterocycles. The van der Waals surface area contributed by atoms with Crippen LogP contribution in [0.5, 0.6) is 0 Å². The standard InChI is InChI=1S/C25H23FN2O4/c26-21-8-6-20(7-9-21)23-15-28-25(32-23)11-10-24(29)27-14-18-3-1-4-19(13-18)16-30-17-22-5-2-12-31-22/h1-9,12-13,15H,10-11,14,16-17H2,(H,27,29). The molecule has 1 N–H and O–H groups in total. The number of amides is 1. The first-order chi connectivity index (χ1) is 15.7. The number of aromatic nitrogens is 1. The van der Waals surface area contributed by atoms with Crippen molar-refractivity contribution in [2.45, 2.75) is 32.6 Å². The topological polar surface area (TPSA) is 77.5 Å². The molecule has 0 bridgehead atoms. The van der Waals surface area contributed by atoms with E-state index in [1.165, 1.54) is 12.1 Å². The van der Waals surface area contributed by atoms with Crippen molar-refractivity contribution in [2.75, 3.05) is 0 Å². The Morgan fingerprint density at radius 3 is 2.69 bits per heavy atom. The van der Waals surface area contributed by atoms with E-state index >= 15 is 0 Å². The molecule has 0 fully saturated rings. The van der Waals surface area contributed by atoms with Crippen molar-refractivity contribution < 1.29 is 22.8 Å². The molecule has 32 heavy (non-hydrogen) atoms. The van der Waals surface area contributed by atoms with Crippen LogP contribution in [-0.4, -0.2) is 10.9 Å². The third-order valence-corrected chi connectivity index (χ3v) is 4.82. The van der Waals surface area contributed by atoms with Crippen molar-refractivity contribution >= 4 is 5.91 Å². The van der Waals surface area contributed by atoms with Crippen molar-refractivity contribution in [3.05, 3.63) is 102 Å². The monoisotopic (exact) mass is 434 g/mol. The van der Waals surface area contributed by atoms with Crippen molar-refractivity contribution in [1.82, 2.24) is 10.3 Å². The van der Waals surface area contributed by atoms with Gasteiger partial charge in [-0.25, -0.2) is 9.37 Å². The van der Waals surface area contributed by atoms with Crippen LogP contribution in [0.25, 0.3) is 11.3 Å². The van der Waals surface area contributed by atoms with Crippen LogP contribution in [0.2, 0.25) is 0 Å². The van der Waals surface area contributed by atoms with Gasteiger partial charge >= 0.3 is 0 Å². The molecular weight excluding hydrogens is 411 g/mol. The number of carbonyl (C=O) groups is 1. The lowest BCUT2D eigenvalue weighted by Gasteiger charge is -2.07. The van der Waals surface area contributed by atoms with Crippen molar-refractivity contribution in [2.24, 2.45) is 0 Å². The first-order valence-corrected chi connectivity index (χ1v) is 10.3. The van der Waals surface area contributed by atoms with Gasteiger partial charge < -0.3 is 18.9 Å². The van der Waals surface area contributed by atoms with Gasteiger partial charge in [-0.2, -0.15) is 0 Å². The molecule has 0 aliphatic carbocycles. The summed E-state index contributed by atoms with van der Waals surface area (Å²) >= 11 is 0. The van der Waals surface area contributed by atoms with Crippen LogP contribution in [0, 0.1) is 5.82 Å². The Morgan fingerprint density at radius 2 is 1.88 bits per heavy atom. The van der Waals surface area contributed by atoms with Crippen molar-refractivity contribution in [3.63, 3.8) is 0 Å². The molecule has 0 atom stereocenters. The van der Waals surface area contributed by atoms with Gasteiger partial charge in [-0.15, -0.1) is 0 Å². The fraction of sp³-hybridized carbons (Fsp3) is 0.200. The molecule has 0 radical (unpaired) electrons. The first-order valence-electron chi connectivity index (χ1n) is 10.3. The lowest BCUT2D eigenvalue weighted by molar-refractivity contribution is -0.121. The number of nitrogens with zero attached hydrogens (tertiary/aromatic N) is 1. The van der Waals surface area contributed by atoms with Gasteiger partial charge in [-0.1, -0.05) is 24.3 Å². The summed E-state index contributed by atoms with van der Waals surface area (Å²) in [6, 6.07) is 17.6. The van der Waals surface area contributed by atoms with Gasteiger partial charge in [0.1, 0.15) is 18.2 Å². The number of hydrogen-bond acceptors (Lipinski definition) is 5. The Labute approximate surface area is 185 Å². The van der Waals surface area contributed by atoms with Gasteiger partial charge in [0.15, 0.2) is 11.7 Å². The molecule has 2 aromatic carbocycles. The Kier molecular flexibility index (Phi) is 7.09. The second-order valence-corrected chi connectivity index (χ2v) is 7.29. The van der Waals surface area contributed by atoms with Crippen molar-refractivity contribution in [1.29, 1.82) is 0 Å². The Hall–Kier alpha value is -3.71. The van der Waals surface area contributed by atoms with E-state index in [1.807, 2.05) is 36.4 Å². The highest BCUT2D eigenvalue weighted by atomic mass is 19.1. The largest absolute Gasteiger partial charge is 0.467 e.